The molecule has 4 rings (SSSR count). The van der Waals surface area contributed by atoms with Crippen molar-refractivity contribution in [2.45, 2.75) is 11.0 Å². The highest BCUT2D eigenvalue weighted by molar-refractivity contribution is 7.98. The Morgan fingerprint density at radius 1 is 1.13 bits per heavy atom. The summed E-state index contributed by atoms with van der Waals surface area (Å²) < 4.78 is 7.66. The first-order chi connectivity index (χ1) is 11.3. The van der Waals surface area contributed by atoms with Crippen LogP contribution in [0, 0.1) is 0 Å². The molecule has 0 aliphatic rings. The minimum atomic E-state index is 0.463. The fourth-order valence-corrected chi connectivity index (χ4v) is 3.04. The smallest absolute Gasteiger partial charge is 0.277 e. The Balaban J connectivity index is 1.49. The van der Waals surface area contributed by atoms with Gasteiger partial charge in [0.25, 0.3) is 5.22 Å². The number of halogens is 1. The number of thioether (sulfide) groups is 1. The van der Waals surface area contributed by atoms with E-state index < -0.39 is 0 Å². The molecule has 0 fully saturated rings. The van der Waals surface area contributed by atoms with Crippen molar-refractivity contribution >= 4 is 29.0 Å². The van der Waals surface area contributed by atoms with Crippen LogP contribution in [0.2, 0.25) is 5.02 Å². The first kappa shape index (κ1) is 14.3. The number of hydrogen-bond acceptors (Lipinski definition) is 5. The van der Waals surface area contributed by atoms with Gasteiger partial charge in [-0.2, -0.15) is 0 Å². The zero-order chi connectivity index (χ0) is 15.6. The fourth-order valence-electron chi connectivity index (χ4n) is 2.20. The first-order valence-corrected chi connectivity index (χ1v) is 8.29. The Bertz CT molecular complexity index is 932. The number of rotatable bonds is 4. The molecule has 0 bridgehead atoms. The second-order valence-electron chi connectivity index (χ2n) is 4.87. The molecule has 0 N–H and O–H groups in total. The van der Waals surface area contributed by atoms with Crippen LogP contribution < -0.4 is 0 Å². The normalized spacial score (nSPS) is 11.2. The molecule has 1 aromatic carbocycles. The molecule has 0 radical (unpaired) electrons. The first-order valence-electron chi connectivity index (χ1n) is 6.93. The molecule has 0 aliphatic heterocycles. The SMILES string of the molecule is Clc1cccc(-c2nnc(SCc3cn4ccccc4n3)o2)c1. The molecule has 0 aliphatic carbocycles. The molecule has 3 aromatic heterocycles. The molecular weight excluding hydrogens is 332 g/mol. The van der Waals surface area contributed by atoms with E-state index in [-0.39, 0.29) is 0 Å². The van der Waals surface area contributed by atoms with Crippen molar-refractivity contribution in [3.05, 3.63) is 65.6 Å². The molecule has 5 nitrogen and oxygen atoms in total. The maximum absolute atomic E-state index is 5.98. The van der Waals surface area contributed by atoms with E-state index in [0.717, 1.165) is 16.9 Å². The molecule has 0 unspecified atom stereocenters. The van der Waals surface area contributed by atoms with E-state index in [2.05, 4.69) is 15.2 Å². The van der Waals surface area contributed by atoms with Crippen molar-refractivity contribution in [3.63, 3.8) is 0 Å². The Morgan fingerprint density at radius 2 is 2.09 bits per heavy atom. The van der Waals surface area contributed by atoms with E-state index in [9.17, 15) is 0 Å². The van der Waals surface area contributed by atoms with Crippen molar-refractivity contribution in [3.8, 4) is 11.5 Å². The van der Waals surface area contributed by atoms with Gasteiger partial charge in [0.05, 0.1) is 5.69 Å². The van der Waals surface area contributed by atoms with E-state index in [4.69, 9.17) is 16.0 Å². The third kappa shape index (κ3) is 3.09. The topological polar surface area (TPSA) is 56.2 Å². The molecule has 4 aromatic rings. The standard InChI is InChI=1S/C16H11ClN4OS/c17-12-5-3-4-11(8-12)15-19-20-16(22-15)23-10-13-9-21-7-2-1-6-14(21)18-13/h1-9H,10H2. The van der Waals surface area contributed by atoms with E-state index >= 15 is 0 Å². The van der Waals surface area contributed by atoms with E-state index in [1.807, 2.05) is 47.1 Å². The number of imidazole rings is 1. The van der Waals surface area contributed by atoms with Gasteiger partial charge in [-0.15, -0.1) is 10.2 Å². The lowest BCUT2D eigenvalue weighted by Gasteiger charge is -1.95. The van der Waals surface area contributed by atoms with Crippen molar-refractivity contribution in [2.24, 2.45) is 0 Å². The summed E-state index contributed by atoms with van der Waals surface area (Å²) in [5.74, 6) is 1.13. The molecular formula is C16H11ClN4OS. The van der Waals surface area contributed by atoms with Crippen LogP contribution in [0.25, 0.3) is 17.1 Å². The lowest BCUT2D eigenvalue weighted by molar-refractivity contribution is 0.466. The zero-order valence-electron chi connectivity index (χ0n) is 11.9. The molecule has 0 saturated heterocycles. The van der Waals surface area contributed by atoms with Crippen LogP contribution in [0.1, 0.15) is 5.69 Å². The summed E-state index contributed by atoms with van der Waals surface area (Å²) >= 11 is 7.44. The Hall–Kier alpha value is -2.31. The fraction of sp³-hybridized carbons (Fsp3) is 0.0625. The van der Waals surface area contributed by atoms with Gasteiger partial charge in [-0.05, 0) is 30.3 Å². The molecule has 23 heavy (non-hydrogen) atoms. The highest BCUT2D eigenvalue weighted by Crippen LogP contribution is 2.26. The van der Waals surface area contributed by atoms with Gasteiger partial charge in [-0.3, -0.25) is 0 Å². The summed E-state index contributed by atoms with van der Waals surface area (Å²) in [5, 5.41) is 9.27. The molecule has 114 valence electrons. The van der Waals surface area contributed by atoms with Crippen LogP contribution in [0.3, 0.4) is 0 Å². The van der Waals surface area contributed by atoms with Gasteiger partial charge in [0, 0.05) is 28.7 Å². The number of benzene rings is 1. The summed E-state index contributed by atoms with van der Waals surface area (Å²) in [5.41, 5.74) is 2.70. The molecule has 3 heterocycles. The monoisotopic (exact) mass is 342 g/mol. The van der Waals surface area contributed by atoms with Gasteiger partial charge >= 0.3 is 0 Å². The van der Waals surface area contributed by atoms with Crippen LogP contribution in [-0.2, 0) is 5.75 Å². The molecule has 0 amide bonds. The van der Waals surface area contributed by atoms with Crippen LogP contribution >= 0.6 is 23.4 Å². The van der Waals surface area contributed by atoms with Gasteiger partial charge in [0.2, 0.25) is 5.89 Å². The Morgan fingerprint density at radius 3 is 2.96 bits per heavy atom. The molecule has 0 saturated carbocycles. The van der Waals surface area contributed by atoms with Crippen molar-refractivity contribution in [1.82, 2.24) is 19.6 Å². The van der Waals surface area contributed by atoms with Crippen LogP contribution in [0.5, 0.6) is 0 Å². The van der Waals surface area contributed by atoms with Gasteiger partial charge in [-0.1, -0.05) is 35.5 Å². The average Bonchev–Trinajstić information content (AvgIpc) is 3.19. The largest absolute Gasteiger partial charge is 0.411 e. The Kier molecular flexibility index (Phi) is 3.77. The van der Waals surface area contributed by atoms with Gasteiger partial charge in [0.1, 0.15) is 5.65 Å². The van der Waals surface area contributed by atoms with Crippen molar-refractivity contribution < 1.29 is 4.42 Å². The predicted octanol–water partition coefficient (Wildman–Crippen LogP) is 4.33. The molecule has 0 spiro atoms. The highest BCUT2D eigenvalue weighted by Gasteiger charge is 2.10. The maximum Gasteiger partial charge on any atom is 0.277 e. The van der Waals surface area contributed by atoms with Gasteiger partial charge in [0.15, 0.2) is 0 Å². The van der Waals surface area contributed by atoms with Crippen LogP contribution in [0.15, 0.2) is 64.5 Å². The lowest BCUT2D eigenvalue weighted by Crippen LogP contribution is -1.79. The van der Waals surface area contributed by atoms with Gasteiger partial charge in [-0.25, -0.2) is 4.98 Å². The van der Waals surface area contributed by atoms with E-state index in [1.54, 1.807) is 12.1 Å². The van der Waals surface area contributed by atoms with Crippen molar-refractivity contribution in [2.75, 3.05) is 0 Å². The number of fused-ring (bicyclic) bond motifs is 1. The second kappa shape index (κ2) is 6.06. The summed E-state index contributed by atoms with van der Waals surface area (Å²) in [7, 11) is 0. The lowest BCUT2D eigenvalue weighted by atomic mass is 10.2. The highest BCUT2D eigenvalue weighted by atomic mass is 35.5. The average molecular weight is 343 g/mol. The number of pyridine rings is 1. The number of hydrogen-bond donors (Lipinski definition) is 0. The van der Waals surface area contributed by atoms with E-state index in [0.29, 0.717) is 21.9 Å². The summed E-state index contributed by atoms with van der Waals surface area (Å²) in [6, 6.07) is 13.3. The summed E-state index contributed by atoms with van der Waals surface area (Å²) in [6.07, 6.45) is 3.97. The third-order valence-electron chi connectivity index (χ3n) is 3.24. The number of aromatic nitrogens is 4. The van der Waals surface area contributed by atoms with Gasteiger partial charge < -0.3 is 8.82 Å². The Labute approximate surface area is 141 Å². The molecule has 7 heteroatoms. The second-order valence-corrected chi connectivity index (χ2v) is 6.23. The maximum atomic E-state index is 5.98. The third-order valence-corrected chi connectivity index (χ3v) is 4.32. The number of nitrogens with zero attached hydrogens (tertiary/aromatic N) is 4. The van der Waals surface area contributed by atoms with Crippen LogP contribution in [0.4, 0.5) is 0 Å². The predicted molar refractivity (Wildman–Crippen MR) is 89.5 cm³/mol. The minimum absolute atomic E-state index is 0.463. The molecule has 0 atom stereocenters. The van der Waals surface area contributed by atoms with E-state index in [1.165, 1.54) is 11.8 Å². The van der Waals surface area contributed by atoms with Crippen LogP contribution in [-0.4, -0.2) is 19.6 Å². The zero-order valence-corrected chi connectivity index (χ0v) is 13.5. The minimum Gasteiger partial charge on any atom is -0.411 e. The van der Waals surface area contributed by atoms with Crippen molar-refractivity contribution in [1.29, 1.82) is 0 Å². The quantitative estimate of drug-likeness (QED) is 0.517. The summed E-state index contributed by atoms with van der Waals surface area (Å²) in [6.45, 7) is 0. The summed E-state index contributed by atoms with van der Waals surface area (Å²) in [4.78, 5) is 4.54.